The summed E-state index contributed by atoms with van der Waals surface area (Å²) in [6.07, 6.45) is 4.97. The van der Waals surface area contributed by atoms with Crippen molar-refractivity contribution in [1.82, 2.24) is 9.97 Å². The van der Waals surface area contributed by atoms with Crippen LogP contribution in [-0.4, -0.2) is 16.0 Å². The fraction of sp³-hybridized carbons (Fsp3) is 0.444. The number of benzene rings is 1. The molecule has 0 radical (unpaired) electrons. The van der Waals surface area contributed by atoms with E-state index in [1.807, 2.05) is 0 Å². The van der Waals surface area contributed by atoms with Gasteiger partial charge in [0.1, 0.15) is 5.82 Å². The molecule has 4 heteroatoms. The highest BCUT2D eigenvalue weighted by Gasteiger charge is 2.27. The van der Waals surface area contributed by atoms with Gasteiger partial charge in [0.25, 0.3) is 0 Å². The molecule has 4 rings (SSSR count). The zero-order valence-corrected chi connectivity index (χ0v) is 13.2. The zero-order valence-electron chi connectivity index (χ0n) is 13.2. The first-order chi connectivity index (χ1) is 10.7. The Kier molecular flexibility index (Phi) is 3.25. The molecule has 22 heavy (non-hydrogen) atoms. The van der Waals surface area contributed by atoms with Gasteiger partial charge in [-0.2, -0.15) is 4.98 Å². The van der Waals surface area contributed by atoms with Crippen LogP contribution in [0.25, 0.3) is 0 Å². The minimum Gasteiger partial charge on any atom is -0.351 e. The van der Waals surface area contributed by atoms with Crippen LogP contribution in [0.2, 0.25) is 0 Å². The molecule has 0 saturated heterocycles. The standard InChI is InChI=1S/C18H22N4/c1-11-4-3-5-15(12(11)2)20-17-10-16(13-6-7-13)21-18(22-17)19-14-8-9-14/h3-5,10,13-14H,6-9H2,1-2H3,(H2,19,20,21,22). The Labute approximate surface area is 131 Å². The van der Waals surface area contributed by atoms with Gasteiger partial charge >= 0.3 is 0 Å². The second kappa shape index (κ2) is 5.27. The number of rotatable bonds is 5. The Morgan fingerprint density at radius 1 is 1.05 bits per heavy atom. The van der Waals surface area contributed by atoms with Gasteiger partial charge in [-0.15, -0.1) is 0 Å². The molecule has 0 atom stereocenters. The van der Waals surface area contributed by atoms with Crippen LogP contribution in [0.15, 0.2) is 24.3 Å². The van der Waals surface area contributed by atoms with Gasteiger partial charge in [0, 0.05) is 23.7 Å². The van der Waals surface area contributed by atoms with Gasteiger partial charge in [0.2, 0.25) is 5.95 Å². The van der Waals surface area contributed by atoms with Crippen LogP contribution in [0.3, 0.4) is 0 Å². The number of nitrogens with one attached hydrogen (secondary N) is 2. The third kappa shape index (κ3) is 2.91. The number of aryl methyl sites for hydroxylation is 1. The number of hydrogen-bond acceptors (Lipinski definition) is 4. The lowest BCUT2D eigenvalue weighted by Gasteiger charge is -2.13. The van der Waals surface area contributed by atoms with E-state index < -0.39 is 0 Å². The van der Waals surface area contributed by atoms with Gasteiger partial charge in [0.05, 0.1) is 5.69 Å². The molecule has 2 fully saturated rings. The SMILES string of the molecule is Cc1cccc(Nc2cc(C3CC3)nc(NC3CC3)n2)c1C. The maximum absolute atomic E-state index is 4.69. The van der Waals surface area contributed by atoms with Crippen molar-refractivity contribution in [2.45, 2.75) is 51.5 Å². The monoisotopic (exact) mass is 294 g/mol. The summed E-state index contributed by atoms with van der Waals surface area (Å²) in [7, 11) is 0. The summed E-state index contributed by atoms with van der Waals surface area (Å²) < 4.78 is 0. The van der Waals surface area contributed by atoms with E-state index in [0.717, 1.165) is 17.5 Å². The molecular weight excluding hydrogens is 272 g/mol. The van der Waals surface area contributed by atoms with Crippen LogP contribution in [0.5, 0.6) is 0 Å². The van der Waals surface area contributed by atoms with E-state index in [4.69, 9.17) is 4.98 Å². The third-order valence-electron chi connectivity index (χ3n) is 4.52. The van der Waals surface area contributed by atoms with E-state index in [1.165, 1.54) is 42.5 Å². The van der Waals surface area contributed by atoms with Crippen LogP contribution in [0.1, 0.15) is 48.4 Å². The molecule has 114 valence electrons. The predicted octanol–water partition coefficient (Wildman–Crippen LogP) is 4.29. The quantitative estimate of drug-likeness (QED) is 0.863. The molecule has 1 aromatic heterocycles. The average molecular weight is 294 g/mol. The molecule has 0 bridgehead atoms. The smallest absolute Gasteiger partial charge is 0.225 e. The Hall–Kier alpha value is -2.10. The molecule has 4 nitrogen and oxygen atoms in total. The van der Waals surface area contributed by atoms with Crippen molar-refractivity contribution in [3.8, 4) is 0 Å². The summed E-state index contributed by atoms with van der Waals surface area (Å²) in [6, 6.07) is 9.00. The fourth-order valence-electron chi connectivity index (χ4n) is 2.62. The highest BCUT2D eigenvalue weighted by Crippen LogP contribution is 2.40. The van der Waals surface area contributed by atoms with E-state index in [-0.39, 0.29) is 0 Å². The number of anilines is 3. The van der Waals surface area contributed by atoms with E-state index in [9.17, 15) is 0 Å². The van der Waals surface area contributed by atoms with Crippen LogP contribution in [0.4, 0.5) is 17.5 Å². The van der Waals surface area contributed by atoms with Crippen molar-refractivity contribution in [2.75, 3.05) is 10.6 Å². The van der Waals surface area contributed by atoms with E-state index in [0.29, 0.717) is 12.0 Å². The minimum atomic E-state index is 0.572. The van der Waals surface area contributed by atoms with Crippen molar-refractivity contribution < 1.29 is 0 Å². The lowest BCUT2D eigenvalue weighted by atomic mass is 10.1. The maximum Gasteiger partial charge on any atom is 0.225 e. The molecule has 2 N–H and O–H groups in total. The molecule has 2 saturated carbocycles. The molecule has 2 aliphatic rings. The summed E-state index contributed by atoms with van der Waals surface area (Å²) in [4.78, 5) is 9.35. The van der Waals surface area contributed by atoms with E-state index >= 15 is 0 Å². The summed E-state index contributed by atoms with van der Waals surface area (Å²) in [5.74, 6) is 2.30. The Bertz CT molecular complexity index is 702. The molecule has 2 aliphatic carbocycles. The van der Waals surface area contributed by atoms with Gasteiger partial charge in [-0.3, -0.25) is 0 Å². The summed E-state index contributed by atoms with van der Waals surface area (Å²) in [5, 5.41) is 6.91. The minimum absolute atomic E-state index is 0.572. The Morgan fingerprint density at radius 3 is 2.59 bits per heavy atom. The van der Waals surface area contributed by atoms with Crippen LogP contribution in [0, 0.1) is 13.8 Å². The van der Waals surface area contributed by atoms with Gasteiger partial charge in [0.15, 0.2) is 0 Å². The topological polar surface area (TPSA) is 49.8 Å². The molecule has 0 aliphatic heterocycles. The second-order valence-electron chi connectivity index (χ2n) is 6.57. The summed E-state index contributed by atoms with van der Waals surface area (Å²) in [5.41, 5.74) is 4.85. The molecule has 1 aromatic carbocycles. The molecular formula is C18H22N4. The fourth-order valence-corrected chi connectivity index (χ4v) is 2.62. The molecule has 1 heterocycles. The van der Waals surface area contributed by atoms with Gasteiger partial charge in [-0.25, -0.2) is 4.98 Å². The molecule has 0 amide bonds. The van der Waals surface area contributed by atoms with Crippen LogP contribution in [-0.2, 0) is 0 Å². The van der Waals surface area contributed by atoms with Crippen LogP contribution < -0.4 is 10.6 Å². The molecule has 0 unspecified atom stereocenters. The highest BCUT2D eigenvalue weighted by atomic mass is 15.2. The normalized spacial score (nSPS) is 17.4. The van der Waals surface area contributed by atoms with Crippen molar-refractivity contribution in [2.24, 2.45) is 0 Å². The van der Waals surface area contributed by atoms with Crippen molar-refractivity contribution in [1.29, 1.82) is 0 Å². The highest BCUT2D eigenvalue weighted by molar-refractivity contribution is 5.63. The molecule has 2 aromatic rings. The second-order valence-corrected chi connectivity index (χ2v) is 6.57. The summed E-state index contributed by atoms with van der Waals surface area (Å²) >= 11 is 0. The maximum atomic E-state index is 4.69. The predicted molar refractivity (Wildman–Crippen MR) is 89.9 cm³/mol. The Morgan fingerprint density at radius 2 is 1.86 bits per heavy atom. The first-order valence-corrected chi connectivity index (χ1v) is 8.18. The Balaban J connectivity index is 1.64. The van der Waals surface area contributed by atoms with Crippen LogP contribution >= 0.6 is 0 Å². The van der Waals surface area contributed by atoms with E-state index in [2.05, 4.69) is 53.7 Å². The lowest BCUT2D eigenvalue weighted by Crippen LogP contribution is -2.08. The lowest BCUT2D eigenvalue weighted by molar-refractivity contribution is 0.968. The molecule has 0 spiro atoms. The number of hydrogen-bond donors (Lipinski definition) is 2. The van der Waals surface area contributed by atoms with Crippen molar-refractivity contribution in [3.63, 3.8) is 0 Å². The van der Waals surface area contributed by atoms with Crippen molar-refractivity contribution in [3.05, 3.63) is 41.1 Å². The van der Waals surface area contributed by atoms with Crippen molar-refractivity contribution >= 4 is 17.5 Å². The summed E-state index contributed by atoms with van der Waals surface area (Å²) in [6.45, 7) is 4.28. The first kappa shape index (κ1) is 13.6. The zero-order chi connectivity index (χ0) is 15.1. The number of nitrogens with zero attached hydrogens (tertiary/aromatic N) is 2. The largest absolute Gasteiger partial charge is 0.351 e. The average Bonchev–Trinajstić information content (AvgIpc) is 3.36. The van der Waals surface area contributed by atoms with Gasteiger partial charge in [-0.05, 0) is 56.7 Å². The first-order valence-electron chi connectivity index (χ1n) is 8.18. The van der Waals surface area contributed by atoms with Gasteiger partial charge < -0.3 is 10.6 Å². The van der Waals surface area contributed by atoms with E-state index in [1.54, 1.807) is 0 Å². The third-order valence-corrected chi connectivity index (χ3v) is 4.52. The van der Waals surface area contributed by atoms with Gasteiger partial charge in [-0.1, -0.05) is 12.1 Å². The number of aromatic nitrogens is 2.